The molecule has 2 aromatic rings. The van der Waals surface area contributed by atoms with Gasteiger partial charge in [-0.1, -0.05) is 43.6 Å². The molecule has 1 aromatic carbocycles. The SMILES string of the molecule is Cc1cccc2cc([C@@H]3C(C#N)=C(N)OC4=C3C(=O)CC(C)(C)C4)c(Cl)nc12. The number of pyridine rings is 1. The van der Waals surface area contributed by atoms with Crippen LogP contribution in [0.5, 0.6) is 0 Å². The van der Waals surface area contributed by atoms with Gasteiger partial charge in [-0.05, 0) is 24.0 Å². The summed E-state index contributed by atoms with van der Waals surface area (Å²) in [6.07, 6.45) is 0.948. The molecule has 1 atom stereocenters. The molecule has 0 radical (unpaired) electrons. The number of nitriles is 1. The van der Waals surface area contributed by atoms with Crippen LogP contribution in [0.1, 0.15) is 43.7 Å². The number of benzene rings is 1. The Hall–Kier alpha value is -2.84. The third kappa shape index (κ3) is 2.85. The van der Waals surface area contributed by atoms with Gasteiger partial charge in [0.25, 0.3) is 0 Å². The number of carbonyl (C=O) groups excluding carboxylic acids is 1. The number of fused-ring (bicyclic) bond motifs is 1. The van der Waals surface area contributed by atoms with Crippen molar-refractivity contribution < 1.29 is 9.53 Å². The topological polar surface area (TPSA) is 89.0 Å². The summed E-state index contributed by atoms with van der Waals surface area (Å²) >= 11 is 6.55. The Morgan fingerprint density at radius 1 is 1.36 bits per heavy atom. The molecule has 4 rings (SSSR count). The Kier molecular flexibility index (Phi) is 4.20. The minimum absolute atomic E-state index is 0.0251. The van der Waals surface area contributed by atoms with E-state index in [-0.39, 0.29) is 27.8 Å². The van der Waals surface area contributed by atoms with Crippen molar-refractivity contribution in [3.63, 3.8) is 0 Å². The Morgan fingerprint density at radius 3 is 2.82 bits per heavy atom. The fraction of sp³-hybridized carbons (Fsp3) is 0.318. The van der Waals surface area contributed by atoms with Gasteiger partial charge in [-0.25, -0.2) is 4.98 Å². The molecule has 0 unspecified atom stereocenters. The van der Waals surface area contributed by atoms with Crippen LogP contribution < -0.4 is 5.73 Å². The van der Waals surface area contributed by atoms with Crippen molar-refractivity contribution in [2.45, 2.75) is 39.5 Å². The molecule has 0 amide bonds. The number of rotatable bonds is 1. The van der Waals surface area contributed by atoms with Gasteiger partial charge < -0.3 is 10.5 Å². The van der Waals surface area contributed by atoms with E-state index in [0.29, 0.717) is 29.7 Å². The minimum Gasteiger partial charge on any atom is -0.444 e. The lowest BCUT2D eigenvalue weighted by molar-refractivity contribution is -0.119. The van der Waals surface area contributed by atoms with E-state index in [4.69, 9.17) is 22.1 Å². The first-order valence-corrected chi connectivity index (χ1v) is 9.49. The summed E-state index contributed by atoms with van der Waals surface area (Å²) in [7, 11) is 0. The number of nitrogens with zero attached hydrogens (tertiary/aromatic N) is 2. The number of ether oxygens (including phenoxy) is 1. The summed E-state index contributed by atoms with van der Waals surface area (Å²) in [4.78, 5) is 17.6. The molecule has 0 saturated carbocycles. The maximum Gasteiger partial charge on any atom is 0.205 e. The molecule has 1 aliphatic heterocycles. The van der Waals surface area contributed by atoms with Gasteiger partial charge in [0.05, 0.1) is 11.4 Å². The number of aryl methyl sites for hydroxylation is 1. The number of hydrogen-bond acceptors (Lipinski definition) is 5. The van der Waals surface area contributed by atoms with Crippen LogP contribution in [0.15, 0.2) is 47.1 Å². The van der Waals surface area contributed by atoms with E-state index in [9.17, 15) is 10.1 Å². The molecule has 0 spiro atoms. The van der Waals surface area contributed by atoms with Crippen LogP contribution in [0.25, 0.3) is 10.9 Å². The van der Waals surface area contributed by atoms with Crippen LogP contribution in [-0.4, -0.2) is 10.8 Å². The maximum atomic E-state index is 13.1. The van der Waals surface area contributed by atoms with Crippen molar-refractivity contribution in [3.05, 3.63) is 63.3 Å². The van der Waals surface area contributed by atoms with E-state index in [1.165, 1.54) is 0 Å². The van der Waals surface area contributed by atoms with Gasteiger partial charge >= 0.3 is 0 Å². The summed E-state index contributed by atoms with van der Waals surface area (Å²) in [5.41, 5.74) is 8.91. The molecule has 0 saturated heterocycles. The van der Waals surface area contributed by atoms with Crippen molar-refractivity contribution in [3.8, 4) is 6.07 Å². The second-order valence-electron chi connectivity index (χ2n) is 8.22. The first kappa shape index (κ1) is 18.5. The molecule has 142 valence electrons. The first-order valence-electron chi connectivity index (χ1n) is 9.11. The monoisotopic (exact) mass is 393 g/mol. The third-order valence-electron chi connectivity index (χ3n) is 5.41. The van der Waals surface area contributed by atoms with E-state index < -0.39 is 5.92 Å². The van der Waals surface area contributed by atoms with Crippen molar-refractivity contribution in [2.24, 2.45) is 11.1 Å². The lowest BCUT2D eigenvalue weighted by Gasteiger charge is -2.37. The lowest BCUT2D eigenvalue weighted by Crippen LogP contribution is -2.33. The molecule has 6 heteroatoms. The highest BCUT2D eigenvalue weighted by atomic mass is 35.5. The van der Waals surface area contributed by atoms with E-state index >= 15 is 0 Å². The fourth-order valence-corrected chi connectivity index (χ4v) is 4.39. The van der Waals surface area contributed by atoms with E-state index in [1.54, 1.807) is 0 Å². The Morgan fingerprint density at radius 2 is 2.11 bits per heavy atom. The molecule has 0 fully saturated rings. The summed E-state index contributed by atoms with van der Waals surface area (Å²) in [5.74, 6) is -0.153. The molecule has 5 nitrogen and oxygen atoms in total. The van der Waals surface area contributed by atoms with Gasteiger partial charge in [0.15, 0.2) is 5.78 Å². The van der Waals surface area contributed by atoms with Crippen molar-refractivity contribution in [1.82, 2.24) is 4.98 Å². The van der Waals surface area contributed by atoms with Crippen LogP contribution >= 0.6 is 11.6 Å². The Bertz CT molecular complexity index is 1140. The minimum atomic E-state index is -0.665. The van der Waals surface area contributed by atoms with E-state index in [1.807, 2.05) is 45.0 Å². The van der Waals surface area contributed by atoms with Gasteiger partial charge in [-0.2, -0.15) is 5.26 Å². The fourth-order valence-electron chi connectivity index (χ4n) is 4.14. The number of aromatic nitrogens is 1. The number of halogens is 1. The predicted octanol–water partition coefficient (Wildman–Crippen LogP) is 4.65. The van der Waals surface area contributed by atoms with Gasteiger partial charge in [-0.15, -0.1) is 0 Å². The molecule has 2 N–H and O–H groups in total. The zero-order chi connectivity index (χ0) is 20.2. The van der Waals surface area contributed by atoms with E-state index in [0.717, 1.165) is 16.5 Å². The molecule has 1 aromatic heterocycles. The van der Waals surface area contributed by atoms with Crippen LogP contribution in [-0.2, 0) is 9.53 Å². The molecule has 28 heavy (non-hydrogen) atoms. The number of allylic oxidation sites excluding steroid dienone is 3. The largest absolute Gasteiger partial charge is 0.444 e. The van der Waals surface area contributed by atoms with Crippen LogP contribution in [0.4, 0.5) is 0 Å². The standard InChI is InChI=1S/C22H20ClN3O2/c1-11-5-4-6-12-7-13(20(23)26-19(11)12)17-14(10-24)21(25)28-16-9-22(2,3)8-15(27)18(16)17/h4-7,17H,8-9,25H2,1-3H3/t17-/m1/s1. The smallest absolute Gasteiger partial charge is 0.205 e. The maximum absolute atomic E-state index is 13.1. The van der Waals surface area contributed by atoms with Crippen molar-refractivity contribution in [1.29, 1.82) is 5.26 Å². The first-order chi connectivity index (χ1) is 13.2. The molecular formula is C22H20ClN3O2. The number of para-hydroxylation sites is 1. The van der Waals surface area contributed by atoms with Gasteiger partial charge in [-0.3, -0.25) is 4.79 Å². The van der Waals surface area contributed by atoms with Crippen LogP contribution in [0.2, 0.25) is 5.15 Å². The average Bonchev–Trinajstić information content (AvgIpc) is 2.60. The average molecular weight is 394 g/mol. The number of hydrogen-bond donors (Lipinski definition) is 1. The summed E-state index contributed by atoms with van der Waals surface area (Å²) in [5, 5.41) is 10.9. The quantitative estimate of drug-likeness (QED) is 0.712. The molecule has 0 bridgehead atoms. The molecule has 1 aliphatic carbocycles. The molecule has 2 aliphatic rings. The second-order valence-corrected chi connectivity index (χ2v) is 8.58. The van der Waals surface area contributed by atoms with Gasteiger partial charge in [0.1, 0.15) is 22.6 Å². The van der Waals surface area contributed by atoms with Crippen molar-refractivity contribution in [2.75, 3.05) is 0 Å². The summed E-state index contributed by atoms with van der Waals surface area (Å²) in [6.45, 7) is 5.99. The molecular weight excluding hydrogens is 374 g/mol. The zero-order valence-electron chi connectivity index (χ0n) is 16.0. The van der Waals surface area contributed by atoms with E-state index in [2.05, 4.69) is 11.1 Å². The lowest BCUT2D eigenvalue weighted by atomic mass is 9.70. The zero-order valence-corrected chi connectivity index (χ0v) is 16.7. The summed E-state index contributed by atoms with van der Waals surface area (Å²) in [6, 6.07) is 9.86. The number of ketones is 1. The summed E-state index contributed by atoms with van der Waals surface area (Å²) < 4.78 is 5.73. The van der Waals surface area contributed by atoms with Crippen LogP contribution in [0, 0.1) is 23.7 Å². The van der Waals surface area contributed by atoms with Gasteiger partial charge in [0.2, 0.25) is 5.88 Å². The highest BCUT2D eigenvalue weighted by Crippen LogP contribution is 2.49. The normalized spacial score (nSPS) is 21.4. The van der Waals surface area contributed by atoms with Crippen molar-refractivity contribution >= 4 is 28.3 Å². The Labute approximate surface area is 168 Å². The number of nitrogens with two attached hydrogens (primary N) is 1. The van der Waals surface area contributed by atoms with Crippen LogP contribution in [0.3, 0.4) is 0 Å². The Balaban J connectivity index is 1.98. The highest BCUT2D eigenvalue weighted by molar-refractivity contribution is 6.31. The predicted molar refractivity (Wildman–Crippen MR) is 107 cm³/mol. The third-order valence-corrected chi connectivity index (χ3v) is 5.72. The number of carbonyl (C=O) groups is 1. The number of Topliss-reactive ketones (excluding diaryl/α,β-unsaturated/α-hetero) is 1. The van der Waals surface area contributed by atoms with Gasteiger partial charge in [0, 0.05) is 29.4 Å². The molecule has 2 heterocycles. The highest BCUT2D eigenvalue weighted by Gasteiger charge is 2.43. The second kappa shape index (κ2) is 6.35.